The first-order valence-corrected chi connectivity index (χ1v) is 10.5. The Morgan fingerprint density at radius 3 is 2.70 bits per heavy atom. The smallest absolute Gasteiger partial charge is 0.199 e. The number of morpholine rings is 1. The summed E-state index contributed by atoms with van der Waals surface area (Å²) in [4.78, 5) is 2.41. The van der Waals surface area contributed by atoms with E-state index in [-0.39, 0.29) is 11.6 Å². The van der Waals surface area contributed by atoms with Gasteiger partial charge in [-0.15, -0.1) is 0 Å². The Kier molecular flexibility index (Phi) is 5.18. The molecule has 2 heterocycles. The number of halogens is 1. The Hall–Kier alpha value is -1.21. The van der Waals surface area contributed by atoms with Gasteiger partial charge in [-0.2, -0.15) is 5.10 Å². The molecule has 0 N–H and O–H groups in total. The number of hydrogen-bond donors (Lipinski definition) is 0. The Bertz CT molecular complexity index is 886. The zero-order chi connectivity index (χ0) is 19.2. The van der Waals surface area contributed by atoms with E-state index in [1.807, 2.05) is 28.9 Å². The first kappa shape index (κ1) is 19.1. The molecule has 1 aliphatic heterocycles. The Morgan fingerprint density at radius 1 is 1.30 bits per heavy atom. The summed E-state index contributed by atoms with van der Waals surface area (Å²) >= 11 is 12.1. The highest BCUT2D eigenvalue weighted by molar-refractivity contribution is 7.71. The van der Waals surface area contributed by atoms with Crippen molar-refractivity contribution >= 4 is 23.8 Å². The summed E-state index contributed by atoms with van der Waals surface area (Å²) in [7, 11) is 0. The summed E-state index contributed by atoms with van der Waals surface area (Å²) in [5.74, 6) is 1.73. The van der Waals surface area contributed by atoms with E-state index in [1.165, 1.54) is 12.8 Å². The Balaban J connectivity index is 1.60. The van der Waals surface area contributed by atoms with Gasteiger partial charge in [0.05, 0.1) is 19.4 Å². The van der Waals surface area contributed by atoms with Gasteiger partial charge in [-0.1, -0.05) is 29.8 Å². The SMILES string of the molecule is CCn1c(C2CC2)nn(CN2C[C@@H](c3ccccc3Cl)OCC2(C)C)c1=S. The zero-order valence-corrected chi connectivity index (χ0v) is 17.8. The van der Waals surface area contributed by atoms with Crippen molar-refractivity contribution in [3.8, 4) is 0 Å². The van der Waals surface area contributed by atoms with Crippen LogP contribution >= 0.6 is 23.8 Å². The first-order valence-electron chi connectivity index (χ1n) is 9.69. The summed E-state index contributed by atoms with van der Waals surface area (Å²) in [6.07, 6.45) is 2.41. The third kappa shape index (κ3) is 3.73. The first-order chi connectivity index (χ1) is 12.9. The lowest BCUT2D eigenvalue weighted by molar-refractivity contribution is -0.113. The molecule has 1 saturated carbocycles. The Morgan fingerprint density at radius 2 is 2.04 bits per heavy atom. The molecule has 2 aliphatic rings. The van der Waals surface area contributed by atoms with E-state index in [1.54, 1.807) is 0 Å². The third-order valence-electron chi connectivity index (χ3n) is 5.65. The molecule has 1 aromatic heterocycles. The van der Waals surface area contributed by atoms with Crippen LogP contribution in [-0.4, -0.2) is 37.9 Å². The predicted molar refractivity (Wildman–Crippen MR) is 110 cm³/mol. The zero-order valence-electron chi connectivity index (χ0n) is 16.2. The van der Waals surface area contributed by atoms with Crippen molar-refractivity contribution in [1.82, 2.24) is 19.2 Å². The molecule has 5 nitrogen and oxygen atoms in total. The average Bonchev–Trinajstić information content (AvgIpc) is 3.43. The predicted octanol–water partition coefficient (Wildman–Crippen LogP) is 4.77. The highest BCUT2D eigenvalue weighted by Gasteiger charge is 2.37. The van der Waals surface area contributed by atoms with E-state index in [9.17, 15) is 0 Å². The van der Waals surface area contributed by atoms with Crippen molar-refractivity contribution in [2.45, 2.75) is 64.4 Å². The molecule has 0 spiro atoms. The van der Waals surface area contributed by atoms with E-state index in [0.29, 0.717) is 19.2 Å². The molecule has 1 saturated heterocycles. The van der Waals surface area contributed by atoms with E-state index in [2.05, 4.69) is 30.2 Å². The quantitative estimate of drug-likeness (QED) is 0.669. The number of aromatic nitrogens is 3. The monoisotopic (exact) mass is 406 g/mol. The molecule has 1 atom stereocenters. The van der Waals surface area contributed by atoms with Gasteiger partial charge in [0, 0.05) is 35.1 Å². The molecular weight excluding hydrogens is 380 g/mol. The van der Waals surface area contributed by atoms with E-state index in [4.69, 9.17) is 33.7 Å². The van der Waals surface area contributed by atoms with Crippen molar-refractivity contribution in [3.63, 3.8) is 0 Å². The molecule has 0 radical (unpaired) electrons. The lowest BCUT2D eigenvalue weighted by atomic mass is 9.99. The van der Waals surface area contributed by atoms with Gasteiger partial charge < -0.3 is 9.30 Å². The van der Waals surface area contributed by atoms with Gasteiger partial charge in [-0.25, -0.2) is 4.68 Å². The van der Waals surface area contributed by atoms with E-state index in [0.717, 1.165) is 34.3 Å². The average molecular weight is 407 g/mol. The second kappa shape index (κ2) is 7.32. The van der Waals surface area contributed by atoms with Crippen molar-refractivity contribution in [1.29, 1.82) is 0 Å². The number of rotatable bonds is 5. The summed E-state index contributed by atoms with van der Waals surface area (Å²) in [6.45, 7) is 9.49. The maximum absolute atomic E-state index is 6.41. The van der Waals surface area contributed by atoms with Crippen LogP contribution in [-0.2, 0) is 18.0 Å². The van der Waals surface area contributed by atoms with Gasteiger partial charge in [-0.3, -0.25) is 4.90 Å². The van der Waals surface area contributed by atoms with Crippen LogP contribution in [0.3, 0.4) is 0 Å². The van der Waals surface area contributed by atoms with Gasteiger partial charge in [0.25, 0.3) is 0 Å². The fraction of sp³-hybridized carbons (Fsp3) is 0.600. The summed E-state index contributed by atoms with van der Waals surface area (Å²) < 4.78 is 11.2. The van der Waals surface area contributed by atoms with Crippen LogP contribution in [0.1, 0.15) is 57.0 Å². The summed E-state index contributed by atoms with van der Waals surface area (Å²) in [5, 5.41) is 5.64. The van der Waals surface area contributed by atoms with Crippen LogP contribution in [0.25, 0.3) is 0 Å². The number of ether oxygens (including phenoxy) is 1. The molecule has 27 heavy (non-hydrogen) atoms. The number of nitrogens with zero attached hydrogens (tertiary/aromatic N) is 4. The molecule has 4 rings (SSSR count). The van der Waals surface area contributed by atoms with Crippen LogP contribution in [0.4, 0.5) is 0 Å². The molecule has 0 amide bonds. The topological polar surface area (TPSA) is 35.2 Å². The summed E-state index contributed by atoms with van der Waals surface area (Å²) in [6, 6.07) is 7.93. The second-order valence-electron chi connectivity index (χ2n) is 8.16. The van der Waals surface area contributed by atoms with Crippen molar-refractivity contribution < 1.29 is 4.74 Å². The van der Waals surface area contributed by atoms with Crippen LogP contribution in [0.2, 0.25) is 5.02 Å². The van der Waals surface area contributed by atoms with Crippen LogP contribution < -0.4 is 0 Å². The third-order valence-corrected chi connectivity index (χ3v) is 6.42. The maximum Gasteiger partial charge on any atom is 0.199 e. The molecule has 146 valence electrons. The van der Waals surface area contributed by atoms with Gasteiger partial charge in [0.15, 0.2) is 4.77 Å². The largest absolute Gasteiger partial charge is 0.370 e. The maximum atomic E-state index is 6.41. The minimum Gasteiger partial charge on any atom is -0.370 e. The minimum absolute atomic E-state index is 0.0444. The molecular formula is C20H27ClN4OS. The van der Waals surface area contributed by atoms with Gasteiger partial charge >= 0.3 is 0 Å². The summed E-state index contributed by atoms with van der Waals surface area (Å²) in [5.41, 5.74) is 0.948. The highest BCUT2D eigenvalue weighted by atomic mass is 35.5. The number of hydrogen-bond acceptors (Lipinski definition) is 4. The standard InChI is InChI=1S/C20H27ClN4OS/c1-4-24-18(14-9-10-14)22-25(19(24)27)13-23-11-17(26-12-20(23,2)3)15-7-5-6-8-16(15)21/h5-8,14,17H,4,9-13H2,1-3H3/t17-/m0/s1. The lowest BCUT2D eigenvalue weighted by Crippen LogP contribution is -2.54. The van der Waals surface area contributed by atoms with Crippen molar-refractivity contribution in [2.75, 3.05) is 13.2 Å². The molecule has 0 bridgehead atoms. The van der Waals surface area contributed by atoms with Crippen LogP contribution in [0.15, 0.2) is 24.3 Å². The molecule has 0 unspecified atom stereocenters. The minimum atomic E-state index is -0.0950. The fourth-order valence-corrected chi connectivity index (χ4v) is 4.30. The van der Waals surface area contributed by atoms with Gasteiger partial charge in [0.2, 0.25) is 0 Å². The molecule has 7 heteroatoms. The van der Waals surface area contributed by atoms with E-state index >= 15 is 0 Å². The van der Waals surface area contributed by atoms with E-state index < -0.39 is 0 Å². The molecule has 1 aliphatic carbocycles. The normalized spacial score (nSPS) is 22.9. The Labute approximate surface area is 170 Å². The van der Waals surface area contributed by atoms with Gasteiger partial charge in [0.1, 0.15) is 5.82 Å². The molecule has 2 fully saturated rings. The molecule has 1 aromatic carbocycles. The van der Waals surface area contributed by atoms with Crippen LogP contribution in [0.5, 0.6) is 0 Å². The number of benzene rings is 1. The van der Waals surface area contributed by atoms with Crippen LogP contribution in [0, 0.1) is 4.77 Å². The second-order valence-corrected chi connectivity index (χ2v) is 8.93. The van der Waals surface area contributed by atoms with Crippen molar-refractivity contribution in [3.05, 3.63) is 45.4 Å². The van der Waals surface area contributed by atoms with Gasteiger partial charge in [-0.05, 0) is 51.9 Å². The fourth-order valence-electron chi connectivity index (χ4n) is 3.72. The van der Waals surface area contributed by atoms with Crippen molar-refractivity contribution in [2.24, 2.45) is 0 Å². The highest BCUT2D eigenvalue weighted by Crippen LogP contribution is 2.39. The lowest BCUT2D eigenvalue weighted by Gasteiger charge is -2.45. The molecule has 2 aromatic rings.